The van der Waals surface area contributed by atoms with Crippen molar-refractivity contribution >= 4 is 17.9 Å². The molecule has 0 aliphatic heterocycles. The highest BCUT2D eigenvalue weighted by Crippen LogP contribution is 2.47. The third-order valence-corrected chi connectivity index (χ3v) is 5.67. The molecule has 32 heavy (non-hydrogen) atoms. The van der Waals surface area contributed by atoms with Crippen molar-refractivity contribution in [3.63, 3.8) is 0 Å². The average molecular weight is 439 g/mol. The Kier molecular flexibility index (Phi) is 7.02. The first-order valence-corrected chi connectivity index (χ1v) is 10.9. The number of rotatable bonds is 7. The van der Waals surface area contributed by atoms with Gasteiger partial charge in [-0.05, 0) is 68.7 Å². The van der Waals surface area contributed by atoms with Crippen molar-refractivity contribution in [3.05, 3.63) is 59.7 Å². The van der Waals surface area contributed by atoms with Crippen LogP contribution in [0.1, 0.15) is 57.6 Å². The van der Waals surface area contributed by atoms with Crippen LogP contribution < -0.4 is 0 Å². The molecule has 0 saturated carbocycles. The Morgan fingerprint density at radius 1 is 0.938 bits per heavy atom. The number of hydrogen-bond acceptors (Lipinski definition) is 5. The molecule has 1 unspecified atom stereocenters. The van der Waals surface area contributed by atoms with Gasteiger partial charge in [-0.1, -0.05) is 48.5 Å². The number of aliphatic carboxylic acids is 1. The van der Waals surface area contributed by atoms with Gasteiger partial charge in [0.05, 0.1) is 18.6 Å². The second-order valence-corrected chi connectivity index (χ2v) is 8.95. The number of carboxylic acid groups (broad SMARTS) is 1. The van der Waals surface area contributed by atoms with Crippen LogP contribution in [0.25, 0.3) is 11.1 Å². The van der Waals surface area contributed by atoms with Crippen LogP contribution in [-0.2, 0) is 30.3 Å². The molecule has 0 radical (unpaired) electrons. The summed E-state index contributed by atoms with van der Waals surface area (Å²) in [5.41, 5.74) is 2.01. The molecule has 0 bridgehead atoms. The van der Waals surface area contributed by atoms with Crippen LogP contribution in [0.4, 0.5) is 0 Å². The molecule has 0 fully saturated rings. The van der Waals surface area contributed by atoms with Crippen molar-refractivity contribution in [3.8, 4) is 11.1 Å². The van der Waals surface area contributed by atoms with Gasteiger partial charge in [-0.2, -0.15) is 0 Å². The Hall–Kier alpha value is -3.15. The van der Waals surface area contributed by atoms with Gasteiger partial charge in [-0.25, -0.2) is 0 Å². The van der Waals surface area contributed by atoms with E-state index in [1.807, 2.05) is 48.5 Å². The van der Waals surface area contributed by atoms with Crippen LogP contribution in [0.5, 0.6) is 0 Å². The summed E-state index contributed by atoms with van der Waals surface area (Å²) in [7, 11) is 0. The SMILES string of the molecule is CC(C)OC(=O)C1(C(=O)OC(C)C)Cc2ccc(-c3ccccc3)cc2C(CC(=O)O)C1. The topological polar surface area (TPSA) is 89.9 Å². The molecular weight excluding hydrogens is 408 g/mol. The van der Waals surface area contributed by atoms with E-state index in [4.69, 9.17) is 9.47 Å². The normalized spacial score (nSPS) is 17.0. The number of carboxylic acids is 1. The third-order valence-electron chi connectivity index (χ3n) is 5.67. The van der Waals surface area contributed by atoms with Gasteiger partial charge in [0.1, 0.15) is 0 Å². The van der Waals surface area contributed by atoms with Crippen LogP contribution in [0.2, 0.25) is 0 Å². The highest BCUT2D eigenvalue weighted by atomic mass is 16.6. The first-order chi connectivity index (χ1) is 15.1. The van der Waals surface area contributed by atoms with Gasteiger partial charge in [-0.3, -0.25) is 14.4 Å². The smallest absolute Gasteiger partial charge is 0.324 e. The zero-order chi connectivity index (χ0) is 23.5. The molecule has 0 amide bonds. The number of benzene rings is 2. The minimum atomic E-state index is -1.57. The van der Waals surface area contributed by atoms with Crippen LogP contribution in [-0.4, -0.2) is 35.2 Å². The molecule has 170 valence electrons. The lowest BCUT2D eigenvalue weighted by molar-refractivity contribution is -0.179. The molecule has 1 aliphatic carbocycles. The fourth-order valence-corrected chi connectivity index (χ4v) is 4.31. The van der Waals surface area contributed by atoms with E-state index < -0.39 is 41.4 Å². The summed E-state index contributed by atoms with van der Waals surface area (Å²) in [6.07, 6.45) is -0.875. The van der Waals surface area contributed by atoms with Crippen molar-refractivity contribution in [2.24, 2.45) is 5.41 Å². The van der Waals surface area contributed by atoms with E-state index in [0.29, 0.717) is 0 Å². The molecule has 2 aromatic rings. The highest BCUT2D eigenvalue weighted by molar-refractivity contribution is 6.01. The monoisotopic (exact) mass is 438 g/mol. The van der Waals surface area contributed by atoms with E-state index in [0.717, 1.165) is 22.3 Å². The molecule has 1 atom stereocenters. The molecule has 0 saturated heterocycles. The maximum absolute atomic E-state index is 13.2. The van der Waals surface area contributed by atoms with Crippen molar-refractivity contribution in [1.29, 1.82) is 0 Å². The molecular formula is C26H30O6. The summed E-state index contributed by atoms with van der Waals surface area (Å²) < 4.78 is 10.9. The zero-order valence-corrected chi connectivity index (χ0v) is 19.0. The van der Waals surface area contributed by atoms with Gasteiger partial charge >= 0.3 is 17.9 Å². The Labute approximate surface area is 188 Å². The number of ether oxygens (including phenoxy) is 2. The predicted molar refractivity (Wildman–Crippen MR) is 120 cm³/mol. The molecule has 3 rings (SSSR count). The van der Waals surface area contributed by atoms with E-state index in [2.05, 4.69) is 0 Å². The Morgan fingerprint density at radius 3 is 2.06 bits per heavy atom. The minimum absolute atomic E-state index is 0.0294. The number of carbonyl (C=O) groups is 3. The summed E-state index contributed by atoms with van der Waals surface area (Å²) in [6.45, 7) is 6.88. The Bertz CT molecular complexity index is 971. The maximum atomic E-state index is 13.2. The van der Waals surface area contributed by atoms with Gasteiger partial charge in [0, 0.05) is 0 Å². The largest absolute Gasteiger partial charge is 0.481 e. The molecule has 6 nitrogen and oxygen atoms in total. The molecule has 0 aromatic heterocycles. The van der Waals surface area contributed by atoms with Gasteiger partial charge in [0.25, 0.3) is 0 Å². The van der Waals surface area contributed by atoms with Crippen molar-refractivity contribution in [1.82, 2.24) is 0 Å². The summed E-state index contributed by atoms with van der Waals surface area (Å²) in [5, 5.41) is 9.58. The molecule has 6 heteroatoms. The molecule has 2 aromatic carbocycles. The van der Waals surface area contributed by atoms with Gasteiger partial charge < -0.3 is 14.6 Å². The average Bonchev–Trinajstić information content (AvgIpc) is 2.72. The zero-order valence-electron chi connectivity index (χ0n) is 19.0. The Morgan fingerprint density at radius 2 is 1.53 bits per heavy atom. The lowest BCUT2D eigenvalue weighted by Crippen LogP contribution is -2.48. The minimum Gasteiger partial charge on any atom is -0.481 e. The van der Waals surface area contributed by atoms with Crippen LogP contribution in [0.15, 0.2) is 48.5 Å². The van der Waals surface area contributed by atoms with Crippen LogP contribution in [0, 0.1) is 5.41 Å². The Balaban J connectivity index is 2.10. The summed E-state index contributed by atoms with van der Waals surface area (Å²) in [5.74, 6) is -2.84. The molecule has 1 N–H and O–H groups in total. The number of hydrogen-bond donors (Lipinski definition) is 1. The van der Waals surface area contributed by atoms with Crippen molar-refractivity contribution in [2.45, 2.75) is 65.1 Å². The third kappa shape index (κ3) is 5.01. The quantitative estimate of drug-likeness (QED) is 0.496. The summed E-state index contributed by atoms with van der Waals surface area (Å²) >= 11 is 0. The number of carbonyl (C=O) groups excluding carboxylic acids is 2. The molecule has 1 aliphatic rings. The summed E-state index contributed by atoms with van der Waals surface area (Å²) in [4.78, 5) is 38.1. The van der Waals surface area contributed by atoms with Crippen LogP contribution >= 0.6 is 0 Å². The van der Waals surface area contributed by atoms with E-state index in [9.17, 15) is 19.5 Å². The second-order valence-electron chi connectivity index (χ2n) is 8.95. The second kappa shape index (κ2) is 9.55. The predicted octanol–water partition coefficient (Wildman–Crippen LogP) is 4.75. The summed E-state index contributed by atoms with van der Waals surface area (Å²) in [6, 6.07) is 15.6. The molecule has 0 spiro atoms. The van der Waals surface area contributed by atoms with E-state index >= 15 is 0 Å². The molecule has 0 heterocycles. The number of fused-ring (bicyclic) bond motifs is 1. The first-order valence-electron chi connectivity index (χ1n) is 10.9. The van der Waals surface area contributed by atoms with Crippen molar-refractivity contribution in [2.75, 3.05) is 0 Å². The van der Waals surface area contributed by atoms with Crippen LogP contribution in [0.3, 0.4) is 0 Å². The first kappa shape index (κ1) is 23.5. The fourth-order valence-electron chi connectivity index (χ4n) is 4.31. The maximum Gasteiger partial charge on any atom is 0.324 e. The van der Waals surface area contributed by atoms with E-state index in [-0.39, 0.29) is 19.3 Å². The lowest BCUT2D eigenvalue weighted by atomic mass is 9.65. The van der Waals surface area contributed by atoms with Crippen molar-refractivity contribution < 1.29 is 29.0 Å². The highest BCUT2D eigenvalue weighted by Gasteiger charge is 2.54. The standard InChI is InChI=1S/C26H30O6/c1-16(2)31-24(29)26(25(30)32-17(3)4)14-20-11-10-19(18-8-6-5-7-9-18)12-22(20)21(15-26)13-23(27)28/h5-12,16-17,21H,13-15H2,1-4H3,(H,27,28). The van der Waals surface area contributed by atoms with Gasteiger partial charge in [0.2, 0.25) is 0 Å². The lowest BCUT2D eigenvalue weighted by Gasteiger charge is -2.39. The van der Waals surface area contributed by atoms with Gasteiger partial charge in [-0.15, -0.1) is 0 Å². The fraction of sp³-hybridized carbons (Fsp3) is 0.423. The van der Waals surface area contributed by atoms with Gasteiger partial charge in [0.15, 0.2) is 5.41 Å². The van der Waals surface area contributed by atoms with E-state index in [1.165, 1.54) is 0 Å². The van der Waals surface area contributed by atoms with E-state index in [1.54, 1.807) is 27.7 Å². The number of esters is 2.